The van der Waals surface area contributed by atoms with Gasteiger partial charge in [-0.2, -0.15) is 0 Å². The van der Waals surface area contributed by atoms with Gasteiger partial charge in [0.2, 0.25) is 12.7 Å². The van der Waals surface area contributed by atoms with Crippen LogP contribution in [0.3, 0.4) is 0 Å². The number of nitrogens with one attached hydrogen (secondary N) is 2. The lowest BCUT2D eigenvalue weighted by Crippen LogP contribution is -2.13. The molecule has 0 radical (unpaired) electrons. The molecule has 4 rings (SSSR count). The summed E-state index contributed by atoms with van der Waals surface area (Å²) in [6, 6.07) is 12.4. The summed E-state index contributed by atoms with van der Waals surface area (Å²) >= 11 is 6.09. The van der Waals surface area contributed by atoms with Crippen LogP contribution in [-0.2, 0) is 0 Å². The summed E-state index contributed by atoms with van der Waals surface area (Å²) in [4.78, 5) is 20.6. The lowest BCUT2D eigenvalue weighted by atomic mass is 10.2. The largest absolute Gasteiger partial charge is 0.454 e. The number of anilines is 3. The monoisotopic (exact) mass is 368 g/mol. The molecule has 2 heterocycles. The van der Waals surface area contributed by atoms with Gasteiger partial charge < -0.3 is 20.1 Å². The van der Waals surface area contributed by atoms with Crippen LogP contribution >= 0.6 is 11.6 Å². The van der Waals surface area contributed by atoms with E-state index < -0.39 is 0 Å². The van der Waals surface area contributed by atoms with Crippen LogP contribution in [0.2, 0.25) is 5.02 Å². The predicted octanol–water partition coefficient (Wildman–Crippen LogP) is 3.85. The molecule has 0 bridgehead atoms. The van der Waals surface area contributed by atoms with Gasteiger partial charge in [-0.15, -0.1) is 0 Å². The Balaban J connectivity index is 1.44. The van der Waals surface area contributed by atoms with Crippen LogP contribution in [0, 0.1) is 0 Å². The first kappa shape index (κ1) is 16.2. The van der Waals surface area contributed by atoms with Crippen molar-refractivity contribution >= 4 is 34.8 Å². The van der Waals surface area contributed by atoms with Crippen molar-refractivity contribution in [1.82, 2.24) is 9.97 Å². The summed E-state index contributed by atoms with van der Waals surface area (Å²) in [5.74, 6) is 1.27. The van der Waals surface area contributed by atoms with Crippen LogP contribution < -0.4 is 20.1 Å². The average molecular weight is 369 g/mol. The van der Waals surface area contributed by atoms with Crippen LogP contribution in [0.15, 0.2) is 54.9 Å². The molecule has 0 aliphatic carbocycles. The van der Waals surface area contributed by atoms with Gasteiger partial charge >= 0.3 is 0 Å². The third-order valence-electron chi connectivity index (χ3n) is 3.66. The van der Waals surface area contributed by atoms with Crippen LogP contribution in [-0.4, -0.2) is 22.7 Å². The Morgan fingerprint density at radius 1 is 1.04 bits per heavy atom. The first-order valence-electron chi connectivity index (χ1n) is 7.74. The fourth-order valence-corrected chi connectivity index (χ4v) is 2.55. The van der Waals surface area contributed by atoms with E-state index >= 15 is 0 Å². The minimum Gasteiger partial charge on any atom is -0.454 e. The molecule has 0 saturated heterocycles. The van der Waals surface area contributed by atoms with Crippen molar-refractivity contribution in [3.8, 4) is 11.5 Å². The molecule has 8 heteroatoms. The van der Waals surface area contributed by atoms with Crippen molar-refractivity contribution in [3.63, 3.8) is 0 Å². The minimum atomic E-state index is -0.326. The van der Waals surface area contributed by atoms with Gasteiger partial charge in [0.15, 0.2) is 11.5 Å². The number of rotatable bonds is 4. The Morgan fingerprint density at radius 2 is 1.81 bits per heavy atom. The van der Waals surface area contributed by atoms with Gasteiger partial charge in [-0.05, 0) is 24.3 Å². The van der Waals surface area contributed by atoms with Crippen LogP contribution in [0.5, 0.6) is 11.5 Å². The van der Waals surface area contributed by atoms with Crippen LogP contribution in [0.1, 0.15) is 10.4 Å². The molecule has 2 N–H and O–H groups in total. The third kappa shape index (κ3) is 3.38. The van der Waals surface area contributed by atoms with Crippen LogP contribution in [0.4, 0.5) is 17.3 Å². The topological polar surface area (TPSA) is 85.4 Å². The van der Waals surface area contributed by atoms with E-state index in [0.717, 1.165) is 0 Å². The van der Waals surface area contributed by atoms with E-state index in [1.807, 2.05) is 18.2 Å². The molecule has 1 aliphatic heterocycles. The molecular formula is C18H13ClN4O3. The molecule has 2 aromatic carbocycles. The second kappa shape index (κ2) is 6.89. The summed E-state index contributed by atoms with van der Waals surface area (Å²) in [7, 11) is 0. The van der Waals surface area contributed by atoms with Gasteiger partial charge in [-0.1, -0.05) is 23.7 Å². The van der Waals surface area contributed by atoms with E-state index in [1.54, 1.807) is 24.3 Å². The maximum atomic E-state index is 12.3. The van der Waals surface area contributed by atoms with Crippen molar-refractivity contribution in [2.45, 2.75) is 0 Å². The van der Waals surface area contributed by atoms with E-state index in [2.05, 4.69) is 20.6 Å². The molecule has 1 aliphatic rings. The number of hydrogen-bond acceptors (Lipinski definition) is 6. The van der Waals surface area contributed by atoms with Gasteiger partial charge in [0.1, 0.15) is 0 Å². The summed E-state index contributed by atoms with van der Waals surface area (Å²) in [5, 5.41) is 6.33. The molecule has 3 aromatic rings. The van der Waals surface area contributed by atoms with Gasteiger partial charge in [0.25, 0.3) is 5.91 Å². The minimum absolute atomic E-state index is 0.181. The van der Waals surface area contributed by atoms with E-state index in [0.29, 0.717) is 39.4 Å². The van der Waals surface area contributed by atoms with Gasteiger partial charge in [0, 0.05) is 24.1 Å². The van der Waals surface area contributed by atoms with Gasteiger partial charge in [-0.3, -0.25) is 4.79 Å². The molecular weight excluding hydrogens is 356 g/mol. The predicted molar refractivity (Wildman–Crippen MR) is 97.3 cm³/mol. The summed E-state index contributed by atoms with van der Waals surface area (Å²) in [6.45, 7) is 0.181. The number of carbonyl (C=O) groups is 1. The van der Waals surface area contributed by atoms with E-state index in [9.17, 15) is 4.79 Å². The van der Waals surface area contributed by atoms with Crippen molar-refractivity contribution in [3.05, 3.63) is 65.4 Å². The number of ether oxygens (including phenoxy) is 2. The summed E-state index contributed by atoms with van der Waals surface area (Å²) < 4.78 is 10.5. The summed E-state index contributed by atoms with van der Waals surface area (Å²) in [5.41, 5.74) is 1.61. The highest BCUT2D eigenvalue weighted by Gasteiger charge is 2.15. The lowest BCUT2D eigenvalue weighted by Gasteiger charge is -2.08. The van der Waals surface area contributed by atoms with Gasteiger partial charge in [-0.25, -0.2) is 9.97 Å². The van der Waals surface area contributed by atoms with Gasteiger partial charge in [0.05, 0.1) is 16.3 Å². The zero-order valence-electron chi connectivity index (χ0n) is 13.4. The standard InChI is InChI=1S/C18H13ClN4O3/c19-13-3-1-2-4-14(13)23-18-20-8-11(9-21-18)17(24)22-12-5-6-15-16(7-12)26-10-25-15/h1-9H,10H2,(H,22,24)(H,20,21,23). The first-order chi connectivity index (χ1) is 12.7. The van der Waals surface area contributed by atoms with E-state index in [1.165, 1.54) is 12.4 Å². The quantitative estimate of drug-likeness (QED) is 0.727. The highest BCUT2D eigenvalue weighted by atomic mass is 35.5. The second-order valence-corrected chi connectivity index (χ2v) is 5.83. The molecule has 0 fully saturated rings. The Kier molecular flexibility index (Phi) is 4.28. The Morgan fingerprint density at radius 3 is 2.62 bits per heavy atom. The number of amides is 1. The fourth-order valence-electron chi connectivity index (χ4n) is 2.37. The molecule has 0 unspecified atom stereocenters. The zero-order chi connectivity index (χ0) is 17.9. The number of nitrogens with zero attached hydrogens (tertiary/aromatic N) is 2. The molecule has 0 spiro atoms. The molecule has 1 amide bonds. The maximum absolute atomic E-state index is 12.3. The van der Waals surface area contributed by atoms with E-state index in [-0.39, 0.29) is 12.7 Å². The number of carbonyl (C=O) groups excluding carboxylic acids is 1. The molecule has 0 atom stereocenters. The normalized spacial score (nSPS) is 11.9. The number of halogens is 1. The number of hydrogen-bond donors (Lipinski definition) is 2. The summed E-state index contributed by atoms with van der Waals surface area (Å²) in [6.07, 6.45) is 2.88. The van der Waals surface area contributed by atoms with Crippen LogP contribution in [0.25, 0.3) is 0 Å². The number of benzene rings is 2. The number of fused-ring (bicyclic) bond motifs is 1. The number of para-hydroxylation sites is 1. The van der Waals surface area contributed by atoms with Crippen molar-refractivity contribution < 1.29 is 14.3 Å². The Labute approximate surface area is 154 Å². The molecule has 130 valence electrons. The highest BCUT2D eigenvalue weighted by Crippen LogP contribution is 2.34. The molecule has 7 nitrogen and oxygen atoms in total. The van der Waals surface area contributed by atoms with Crippen molar-refractivity contribution in [1.29, 1.82) is 0 Å². The Bertz CT molecular complexity index is 963. The number of aromatic nitrogens is 2. The fraction of sp³-hybridized carbons (Fsp3) is 0.0556. The Hall–Kier alpha value is -3.32. The highest BCUT2D eigenvalue weighted by molar-refractivity contribution is 6.33. The van der Waals surface area contributed by atoms with E-state index in [4.69, 9.17) is 21.1 Å². The zero-order valence-corrected chi connectivity index (χ0v) is 14.2. The van der Waals surface area contributed by atoms with Crippen molar-refractivity contribution in [2.24, 2.45) is 0 Å². The molecule has 1 aromatic heterocycles. The molecule has 26 heavy (non-hydrogen) atoms. The molecule has 0 saturated carbocycles. The SMILES string of the molecule is O=C(Nc1ccc2c(c1)OCO2)c1cnc(Nc2ccccc2Cl)nc1. The lowest BCUT2D eigenvalue weighted by molar-refractivity contribution is 0.102. The maximum Gasteiger partial charge on any atom is 0.258 e. The first-order valence-corrected chi connectivity index (χ1v) is 8.11. The second-order valence-electron chi connectivity index (χ2n) is 5.42. The smallest absolute Gasteiger partial charge is 0.258 e. The van der Waals surface area contributed by atoms with Crippen molar-refractivity contribution in [2.75, 3.05) is 17.4 Å². The average Bonchev–Trinajstić information content (AvgIpc) is 3.12. The third-order valence-corrected chi connectivity index (χ3v) is 3.99.